The standard InChI is InChI=1S/C56H44N4/c1-4-5-16-37(2)17-15-30-58-56(59-55(57-3)39-18-7-6-8-19-39)54-47-25-14-13-24-44(47)31-45-27-26-38-28-29-46(36-48(38)53(45)54)60-51-34-42-22-11-9-20-40(42)32-49(51)50-33-41-21-10-12-23-43(41)35-52(50)60/h4-25,28-29,31-36H,1-2,26-27,30H2,3H3,(H,57,58,59)/b16-5-,17-15-. The maximum atomic E-state index is 5.41. The number of hydrogen-bond donors (Lipinski definition) is 1. The van der Waals surface area contributed by atoms with Crippen molar-refractivity contribution in [3.8, 4) is 16.8 Å². The number of fused-ring (bicyclic) bond motifs is 9. The predicted molar refractivity (Wildman–Crippen MR) is 257 cm³/mol. The third kappa shape index (κ3) is 6.62. The zero-order chi connectivity index (χ0) is 40.6. The molecule has 288 valence electrons. The van der Waals surface area contributed by atoms with E-state index in [2.05, 4.69) is 157 Å². The molecule has 10 rings (SSSR count). The highest BCUT2D eigenvalue weighted by atomic mass is 15.0. The van der Waals surface area contributed by atoms with E-state index in [-0.39, 0.29) is 0 Å². The summed E-state index contributed by atoms with van der Waals surface area (Å²) in [6.07, 6.45) is 11.5. The molecule has 0 unspecified atom stereocenters. The molecule has 1 aromatic heterocycles. The van der Waals surface area contributed by atoms with Crippen molar-refractivity contribution in [2.75, 3.05) is 13.6 Å². The number of nitrogens with one attached hydrogen (secondary N) is 1. The quantitative estimate of drug-likeness (QED) is 0.0933. The van der Waals surface area contributed by atoms with Crippen molar-refractivity contribution >= 4 is 65.8 Å². The van der Waals surface area contributed by atoms with Crippen LogP contribution >= 0.6 is 0 Å². The SMILES string of the molecule is C=C/C=C\C(=C)/C=C\CN=C(N=C(NC)c1ccccc1)c1c2c(cc3ccccc13)CCc1ccc(-n3c4cc5ccccc5cc4c4cc5ccccc5cc43)cc1-2. The Balaban J connectivity index is 1.23. The highest BCUT2D eigenvalue weighted by Crippen LogP contribution is 2.43. The first kappa shape index (κ1) is 36.8. The van der Waals surface area contributed by atoms with Gasteiger partial charge in [0.1, 0.15) is 5.84 Å². The van der Waals surface area contributed by atoms with Crippen LogP contribution in [0.3, 0.4) is 0 Å². The van der Waals surface area contributed by atoms with Crippen molar-refractivity contribution in [2.45, 2.75) is 12.8 Å². The summed E-state index contributed by atoms with van der Waals surface area (Å²) in [6.45, 7) is 8.40. The number of allylic oxidation sites excluding steroid dienone is 5. The maximum absolute atomic E-state index is 5.41. The Morgan fingerprint density at radius 2 is 1.27 bits per heavy atom. The number of nitrogens with zero attached hydrogens (tertiary/aromatic N) is 3. The lowest BCUT2D eigenvalue weighted by atomic mass is 9.80. The molecule has 4 nitrogen and oxygen atoms in total. The molecule has 60 heavy (non-hydrogen) atoms. The van der Waals surface area contributed by atoms with Crippen LogP contribution in [-0.4, -0.2) is 29.8 Å². The van der Waals surface area contributed by atoms with Gasteiger partial charge in [-0.05, 0) is 109 Å². The molecule has 1 aliphatic rings. The van der Waals surface area contributed by atoms with Crippen LogP contribution in [0.15, 0.2) is 211 Å². The summed E-state index contributed by atoms with van der Waals surface area (Å²) in [6, 6.07) is 55.2. The van der Waals surface area contributed by atoms with Crippen molar-refractivity contribution in [2.24, 2.45) is 9.98 Å². The largest absolute Gasteiger partial charge is 0.373 e. The molecule has 0 saturated heterocycles. The summed E-state index contributed by atoms with van der Waals surface area (Å²) in [4.78, 5) is 10.7. The number of benzene rings is 8. The Kier molecular flexibility index (Phi) is 9.59. The second-order valence-electron chi connectivity index (χ2n) is 15.4. The maximum Gasteiger partial charge on any atom is 0.158 e. The molecule has 0 atom stereocenters. The van der Waals surface area contributed by atoms with Crippen molar-refractivity contribution in [1.82, 2.24) is 9.88 Å². The van der Waals surface area contributed by atoms with Gasteiger partial charge in [-0.1, -0.05) is 159 Å². The molecule has 0 bridgehead atoms. The monoisotopic (exact) mass is 772 g/mol. The van der Waals surface area contributed by atoms with Crippen LogP contribution in [0.4, 0.5) is 0 Å². The Bertz CT molecular complexity index is 3210. The smallest absolute Gasteiger partial charge is 0.158 e. The fourth-order valence-electron chi connectivity index (χ4n) is 8.96. The van der Waals surface area contributed by atoms with Crippen molar-refractivity contribution < 1.29 is 0 Å². The van der Waals surface area contributed by atoms with E-state index in [4.69, 9.17) is 9.98 Å². The zero-order valence-electron chi connectivity index (χ0n) is 33.7. The van der Waals surface area contributed by atoms with Gasteiger partial charge in [-0.25, -0.2) is 4.99 Å². The van der Waals surface area contributed by atoms with Gasteiger partial charge in [0, 0.05) is 34.6 Å². The van der Waals surface area contributed by atoms with Gasteiger partial charge in [-0.3, -0.25) is 4.99 Å². The molecule has 9 aromatic rings. The average Bonchev–Trinajstić information content (AvgIpc) is 3.60. The van der Waals surface area contributed by atoms with Crippen molar-refractivity contribution in [3.63, 3.8) is 0 Å². The first-order valence-electron chi connectivity index (χ1n) is 20.6. The van der Waals surface area contributed by atoms with Crippen LogP contribution in [0.1, 0.15) is 22.3 Å². The van der Waals surface area contributed by atoms with E-state index >= 15 is 0 Å². The average molecular weight is 773 g/mol. The predicted octanol–water partition coefficient (Wildman–Crippen LogP) is 13.3. The topological polar surface area (TPSA) is 41.7 Å². The normalized spacial score (nSPS) is 13.2. The van der Waals surface area contributed by atoms with Crippen LogP contribution in [0.25, 0.3) is 70.9 Å². The van der Waals surface area contributed by atoms with Gasteiger partial charge in [0.15, 0.2) is 5.84 Å². The minimum absolute atomic E-state index is 0.430. The molecule has 0 saturated carbocycles. The van der Waals surface area contributed by atoms with Crippen LogP contribution < -0.4 is 5.32 Å². The molecule has 1 N–H and O–H groups in total. The number of hydrogen-bond acceptors (Lipinski definition) is 1. The summed E-state index contributed by atoms with van der Waals surface area (Å²) in [5.41, 5.74) is 11.5. The van der Waals surface area contributed by atoms with E-state index in [1.54, 1.807) is 6.08 Å². The van der Waals surface area contributed by atoms with E-state index in [9.17, 15) is 0 Å². The summed E-state index contributed by atoms with van der Waals surface area (Å²) in [7, 11) is 1.93. The number of aryl methyl sites for hydroxylation is 2. The lowest BCUT2D eigenvalue weighted by Gasteiger charge is -2.26. The third-order valence-corrected chi connectivity index (χ3v) is 11.8. The highest BCUT2D eigenvalue weighted by Gasteiger charge is 2.26. The van der Waals surface area contributed by atoms with Gasteiger partial charge in [0.05, 0.1) is 17.6 Å². The number of amidine groups is 2. The molecule has 0 fully saturated rings. The molecule has 0 aliphatic heterocycles. The lowest BCUT2D eigenvalue weighted by molar-refractivity contribution is 0.941. The molecule has 4 heteroatoms. The Morgan fingerprint density at radius 3 is 1.93 bits per heavy atom. The molecule has 8 aromatic carbocycles. The minimum Gasteiger partial charge on any atom is -0.373 e. The molecular weight excluding hydrogens is 729 g/mol. The molecule has 0 spiro atoms. The van der Waals surface area contributed by atoms with E-state index < -0.39 is 0 Å². The van der Waals surface area contributed by atoms with Crippen molar-refractivity contribution in [1.29, 1.82) is 0 Å². The van der Waals surface area contributed by atoms with E-state index in [1.807, 2.05) is 49.6 Å². The minimum atomic E-state index is 0.430. The Morgan fingerprint density at radius 1 is 0.650 bits per heavy atom. The van der Waals surface area contributed by atoms with Crippen molar-refractivity contribution in [3.05, 3.63) is 223 Å². The van der Waals surface area contributed by atoms with Crippen LogP contribution in [-0.2, 0) is 12.8 Å². The second-order valence-corrected chi connectivity index (χ2v) is 15.4. The van der Waals surface area contributed by atoms with Gasteiger partial charge in [0.25, 0.3) is 0 Å². The number of aromatic nitrogens is 1. The van der Waals surface area contributed by atoms with E-state index in [0.29, 0.717) is 12.4 Å². The number of rotatable bonds is 8. The van der Waals surface area contributed by atoms with Gasteiger partial charge in [-0.2, -0.15) is 0 Å². The van der Waals surface area contributed by atoms with E-state index in [1.165, 1.54) is 71.0 Å². The van der Waals surface area contributed by atoms with Crippen LogP contribution in [0.2, 0.25) is 0 Å². The first-order chi connectivity index (χ1) is 29.6. The summed E-state index contributed by atoms with van der Waals surface area (Å²) in [5, 5.41) is 13.1. The lowest BCUT2D eigenvalue weighted by Crippen LogP contribution is -2.22. The van der Waals surface area contributed by atoms with Gasteiger partial charge in [0.2, 0.25) is 0 Å². The molecule has 0 amide bonds. The summed E-state index contributed by atoms with van der Waals surface area (Å²) in [5.74, 6) is 1.44. The van der Waals surface area contributed by atoms with E-state index in [0.717, 1.165) is 46.5 Å². The summed E-state index contributed by atoms with van der Waals surface area (Å²) >= 11 is 0. The van der Waals surface area contributed by atoms with Crippen LogP contribution in [0, 0.1) is 0 Å². The zero-order valence-corrected chi connectivity index (χ0v) is 33.7. The van der Waals surface area contributed by atoms with Gasteiger partial charge in [-0.15, -0.1) is 0 Å². The molecule has 1 heterocycles. The molecule has 0 radical (unpaired) electrons. The fraction of sp³-hybridized carbons (Fsp3) is 0.0714. The third-order valence-electron chi connectivity index (χ3n) is 11.8. The van der Waals surface area contributed by atoms with Gasteiger partial charge < -0.3 is 9.88 Å². The molecular formula is C56H44N4. The highest BCUT2D eigenvalue weighted by molar-refractivity contribution is 6.21. The fourth-order valence-corrected chi connectivity index (χ4v) is 8.96. The van der Waals surface area contributed by atoms with Crippen LogP contribution in [0.5, 0.6) is 0 Å². The Labute approximate surface area is 350 Å². The first-order valence-corrected chi connectivity index (χ1v) is 20.6. The molecule has 1 aliphatic carbocycles. The second kappa shape index (κ2) is 15.7. The number of aliphatic imine (C=N–C) groups is 2. The Hall–Kier alpha value is -7.56. The summed E-state index contributed by atoms with van der Waals surface area (Å²) < 4.78 is 2.47. The van der Waals surface area contributed by atoms with Gasteiger partial charge >= 0.3 is 0 Å².